The van der Waals surface area contributed by atoms with Gasteiger partial charge >= 0.3 is 0 Å². The van der Waals surface area contributed by atoms with Crippen LogP contribution in [0.5, 0.6) is 5.75 Å². The molecule has 0 aliphatic heterocycles. The van der Waals surface area contributed by atoms with Crippen molar-refractivity contribution in [2.45, 2.75) is 71.9 Å². The number of hydrogen-bond donors (Lipinski definition) is 1. The van der Waals surface area contributed by atoms with Crippen LogP contribution >= 0.6 is 11.6 Å². The molecule has 150 valence electrons. The minimum atomic E-state index is -0.577. The molecule has 0 unspecified atom stereocenters. The molecule has 1 N–H and O–H groups in total. The molecule has 0 radical (unpaired) electrons. The molecule has 2 aromatic rings. The first-order valence-electron chi connectivity index (χ1n) is 10.2. The van der Waals surface area contributed by atoms with Gasteiger partial charge in [0.1, 0.15) is 5.75 Å². The topological polar surface area (TPSA) is 38.3 Å². The minimum Gasteiger partial charge on any atom is -0.481 e. The van der Waals surface area contributed by atoms with Gasteiger partial charge in [-0.1, -0.05) is 36.7 Å². The van der Waals surface area contributed by atoms with Gasteiger partial charge in [-0.3, -0.25) is 4.79 Å². The van der Waals surface area contributed by atoms with Gasteiger partial charge in [0.2, 0.25) is 0 Å². The first-order chi connectivity index (χ1) is 13.4. The van der Waals surface area contributed by atoms with Crippen LogP contribution in [0.1, 0.15) is 67.0 Å². The maximum absolute atomic E-state index is 12.8. The molecule has 0 fully saturated rings. The summed E-state index contributed by atoms with van der Waals surface area (Å²) in [6.07, 6.45) is 5.11. The van der Waals surface area contributed by atoms with E-state index in [1.807, 2.05) is 26.0 Å². The van der Waals surface area contributed by atoms with Gasteiger partial charge in [-0.25, -0.2) is 0 Å². The summed E-state index contributed by atoms with van der Waals surface area (Å²) in [6.45, 7) is 7.77. The van der Waals surface area contributed by atoms with Crippen molar-refractivity contribution in [2.24, 2.45) is 0 Å². The van der Waals surface area contributed by atoms with Crippen LogP contribution in [0.4, 0.5) is 0 Å². The number of halogens is 1. The zero-order valence-corrected chi connectivity index (χ0v) is 18.0. The number of nitrogens with one attached hydrogen (secondary N) is 1. The summed E-state index contributed by atoms with van der Waals surface area (Å²) in [5.74, 6) is 0.568. The Labute approximate surface area is 173 Å². The Kier molecular flexibility index (Phi) is 6.66. The number of carbonyl (C=O) groups is 1. The quantitative estimate of drug-likeness (QED) is 0.659. The maximum atomic E-state index is 12.8. The van der Waals surface area contributed by atoms with Crippen LogP contribution in [-0.4, -0.2) is 12.0 Å². The van der Waals surface area contributed by atoms with Crippen molar-refractivity contribution in [1.82, 2.24) is 5.32 Å². The third kappa shape index (κ3) is 4.70. The smallest absolute Gasteiger partial charge is 0.261 e. The highest BCUT2D eigenvalue weighted by molar-refractivity contribution is 6.32. The maximum Gasteiger partial charge on any atom is 0.261 e. The number of amides is 1. The highest BCUT2D eigenvalue weighted by Gasteiger charge is 2.21. The lowest BCUT2D eigenvalue weighted by Gasteiger charge is -2.23. The summed E-state index contributed by atoms with van der Waals surface area (Å²) >= 11 is 6.22. The number of rotatable bonds is 6. The molecule has 0 saturated heterocycles. The fourth-order valence-corrected chi connectivity index (χ4v) is 4.02. The van der Waals surface area contributed by atoms with Crippen molar-refractivity contribution in [2.75, 3.05) is 0 Å². The Morgan fingerprint density at radius 1 is 1.11 bits per heavy atom. The first-order valence-corrected chi connectivity index (χ1v) is 10.6. The normalized spacial score (nSPS) is 15.5. The lowest BCUT2D eigenvalue weighted by molar-refractivity contribution is -0.128. The third-order valence-corrected chi connectivity index (χ3v) is 6.19. The van der Waals surface area contributed by atoms with Gasteiger partial charge in [-0.15, -0.1) is 0 Å². The van der Waals surface area contributed by atoms with Crippen LogP contribution in [-0.2, 0) is 17.6 Å². The van der Waals surface area contributed by atoms with Crippen molar-refractivity contribution in [3.05, 3.63) is 63.2 Å². The zero-order valence-electron chi connectivity index (χ0n) is 17.3. The molecule has 0 saturated carbocycles. The molecule has 3 nitrogen and oxygen atoms in total. The second-order valence-electron chi connectivity index (χ2n) is 7.84. The molecular weight excluding hydrogens is 370 g/mol. The summed E-state index contributed by atoms with van der Waals surface area (Å²) in [5.41, 5.74) is 5.98. The summed E-state index contributed by atoms with van der Waals surface area (Å²) in [4.78, 5) is 12.8. The highest BCUT2D eigenvalue weighted by Crippen LogP contribution is 2.28. The monoisotopic (exact) mass is 399 g/mol. The van der Waals surface area contributed by atoms with Crippen molar-refractivity contribution in [1.29, 1.82) is 0 Å². The van der Waals surface area contributed by atoms with E-state index < -0.39 is 6.10 Å². The van der Waals surface area contributed by atoms with E-state index in [2.05, 4.69) is 30.4 Å². The molecule has 1 amide bonds. The Balaban J connectivity index is 1.68. The molecular formula is C24H30ClNO2. The largest absolute Gasteiger partial charge is 0.481 e. The molecule has 1 aliphatic rings. The highest BCUT2D eigenvalue weighted by atomic mass is 35.5. The third-order valence-electron chi connectivity index (χ3n) is 5.59. The molecule has 3 rings (SSSR count). The second kappa shape index (κ2) is 9.00. The molecule has 0 aromatic heterocycles. The second-order valence-corrected chi connectivity index (χ2v) is 8.21. The van der Waals surface area contributed by atoms with Gasteiger partial charge in [-0.2, -0.15) is 0 Å². The van der Waals surface area contributed by atoms with Crippen LogP contribution in [0.15, 0.2) is 30.3 Å². The van der Waals surface area contributed by atoms with E-state index in [0.717, 1.165) is 29.0 Å². The lowest BCUT2D eigenvalue weighted by atomic mass is 9.89. The summed E-state index contributed by atoms with van der Waals surface area (Å²) in [5, 5.41) is 3.90. The van der Waals surface area contributed by atoms with Gasteiger partial charge < -0.3 is 10.1 Å². The number of fused-ring (bicyclic) bond motifs is 1. The van der Waals surface area contributed by atoms with Crippen molar-refractivity contribution < 1.29 is 9.53 Å². The number of hydrogen-bond acceptors (Lipinski definition) is 2. The van der Waals surface area contributed by atoms with E-state index in [4.69, 9.17) is 16.3 Å². The Morgan fingerprint density at radius 3 is 2.39 bits per heavy atom. The molecule has 1 aliphatic carbocycles. The fraction of sp³-hybridized carbons (Fsp3) is 0.458. The van der Waals surface area contributed by atoms with E-state index in [1.165, 1.54) is 36.0 Å². The van der Waals surface area contributed by atoms with E-state index in [0.29, 0.717) is 5.75 Å². The zero-order chi connectivity index (χ0) is 20.3. The summed E-state index contributed by atoms with van der Waals surface area (Å²) in [7, 11) is 0. The SMILES string of the molecule is CC[C@H](NC(=O)[C@H](C)Oc1cc(C)c(Cl)c(C)c1)c1ccc2c(c1)CCCC2. The van der Waals surface area contributed by atoms with Crippen molar-refractivity contribution >= 4 is 17.5 Å². The Hall–Kier alpha value is -2.00. The first kappa shape index (κ1) is 20.7. The summed E-state index contributed by atoms with van der Waals surface area (Å²) in [6, 6.07) is 10.4. The van der Waals surface area contributed by atoms with Crippen LogP contribution in [0.2, 0.25) is 5.02 Å². The van der Waals surface area contributed by atoms with E-state index in [9.17, 15) is 4.79 Å². The minimum absolute atomic E-state index is 0.000494. The van der Waals surface area contributed by atoms with Crippen LogP contribution < -0.4 is 10.1 Å². The predicted molar refractivity (Wildman–Crippen MR) is 115 cm³/mol. The van der Waals surface area contributed by atoms with Crippen LogP contribution in [0.25, 0.3) is 0 Å². The van der Waals surface area contributed by atoms with Crippen molar-refractivity contribution in [3.63, 3.8) is 0 Å². The lowest BCUT2D eigenvalue weighted by Crippen LogP contribution is -2.38. The van der Waals surface area contributed by atoms with Gasteiger partial charge in [0, 0.05) is 5.02 Å². The van der Waals surface area contributed by atoms with Gasteiger partial charge in [0.25, 0.3) is 5.91 Å². The Bertz CT molecular complexity index is 839. The van der Waals surface area contributed by atoms with E-state index in [-0.39, 0.29) is 11.9 Å². The van der Waals surface area contributed by atoms with Gasteiger partial charge in [0.15, 0.2) is 6.10 Å². The summed E-state index contributed by atoms with van der Waals surface area (Å²) < 4.78 is 5.89. The Morgan fingerprint density at radius 2 is 1.75 bits per heavy atom. The number of carbonyl (C=O) groups excluding carboxylic acids is 1. The molecule has 28 heavy (non-hydrogen) atoms. The van der Waals surface area contributed by atoms with Crippen molar-refractivity contribution in [3.8, 4) is 5.75 Å². The number of benzene rings is 2. The fourth-order valence-electron chi connectivity index (χ4n) is 3.91. The van der Waals surface area contributed by atoms with E-state index in [1.54, 1.807) is 6.92 Å². The van der Waals surface area contributed by atoms with Crippen LogP contribution in [0, 0.1) is 13.8 Å². The van der Waals surface area contributed by atoms with Gasteiger partial charge in [-0.05, 0) is 92.8 Å². The molecule has 2 atom stereocenters. The molecule has 0 spiro atoms. The standard InChI is InChI=1S/C24H30ClNO2/c1-5-22(20-11-10-18-8-6-7-9-19(18)14-20)26-24(27)17(4)28-21-12-15(2)23(25)16(3)13-21/h10-14,17,22H,5-9H2,1-4H3,(H,26,27)/t17-,22-/m0/s1. The average molecular weight is 400 g/mol. The molecule has 0 heterocycles. The molecule has 4 heteroatoms. The van der Waals surface area contributed by atoms with Gasteiger partial charge in [0.05, 0.1) is 6.04 Å². The van der Waals surface area contributed by atoms with Crippen LogP contribution in [0.3, 0.4) is 0 Å². The molecule has 0 bridgehead atoms. The number of ether oxygens (including phenoxy) is 1. The van der Waals surface area contributed by atoms with E-state index >= 15 is 0 Å². The predicted octanol–water partition coefficient (Wildman–Crippen LogP) is 5.87. The number of aryl methyl sites for hydroxylation is 4. The average Bonchev–Trinajstić information content (AvgIpc) is 2.69. The molecule has 2 aromatic carbocycles.